The highest BCUT2D eigenvalue weighted by Gasteiger charge is 2.29. The molecule has 0 aromatic heterocycles. The number of nitrogens with zero attached hydrogens (tertiary/aromatic N) is 1. The van der Waals surface area contributed by atoms with Crippen LogP contribution in [0.2, 0.25) is 0 Å². The normalized spacial score (nSPS) is 13.6. The first-order valence-electron chi connectivity index (χ1n) is 10.3. The van der Waals surface area contributed by atoms with Crippen molar-refractivity contribution in [2.45, 2.75) is 38.8 Å². The van der Waals surface area contributed by atoms with Gasteiger partial charge in [0.2, 0.25) is 5.91 Å². The van der Waals surface area contributed by atoms with E-state index in [-0.39, 0.29) is 5.91 Å². The van der Waals surface area contributed by atoms with Crippen LogP contribution in [-0.4, -0.2) is 30.5 Å². The standard InChI is InChI=1S/C25H28N2O2/c1-18-10-13-24(29-2)23(16-18)26-25(28)14-15-27(21-11-12-21)17-20-8-5-7-19-6-3-4-9-22(19)20/h3-10,13,16,21H,11-12,14-15,17H2,1-2H3,(H,26,28). The molecule has 1 aliphatic rings. The van der Waals surface area contributed by atoms with Gasteiger partial charge in [0.1, 0.15) is 5.75 Å². The third-order valence-corrected chi connectivity index (χ3v) is 5.57. The second-order valence-electron chi connectivity index (χ2n) is 7.84. The number of carbonyl (C=O) groups is 1. The molecule has 4 heteroatoms. The number of benzene rings is 3. The second-order valence-corrected chi connectivity index (χ2v) is 7.84. The van der Waals surface area contributed by atoms with Crippen LogP contribution in [-0.2, 0) is 11.3 Å². The minimum atomic E-state index is 0.0254. The molecule has 29 heavy (non-hydrogen) atoms. The molecule has 0 heterocycles. The van der Waals surface area contributed by atoms with Gasteiger partial charge < -0.3 is 10.1 Å². The Bertz CT molecular complexity index is 1010. The first-order chi connectivity index (χ1) is 14.1. The number of carbonyl (C=O) groups excluding carboxylic acids is 1. The molecule has 0 atom stereocenters. The molecule has 0 aliphatic heterocycles. The Morgan fingerprint density at radius 2 is 1.90 bits per heavy atom. The van der Waals surface area contributed by atoms with Crippen LogP contribution in [0.3, 0.4) is 0 Å². The molecule has 0 radical (unpaired) electrons. The van der Waals surface area contributed by atoms with Crippen LogP contribution in [0.1, 0.15) is 30.4 Å². The number of rotatable bonds is 8. The number of hydrogen-bond donors (Lipinski definition) is 1. The number of methoxy groups -OCH3 is 1. The average molecular weight is 389 g/mol. The fraction of sp³-hybridized carbons (Fsp3) is 0.320. The summed E-state index contributed by atoms with van der Waals surface area (Å²) < 4.78 is 5.37. The van der Waals surface area contributed by atoms with E-state index in [1.165, 1.54) is 29.2 Å². The van der Waals surface area contributed by atoms with Gasteiger partial charge in [-0.25, -0.2) is 0 Å². The fourth-order valence-corrected chi connectivity index (χ4v) is 3.86. The van der Waals surface area contributed by atoms with E-state index in [9.17, 15) is 4.79 Å². The monoisotopic (exact) mass is 388 g/mol. The molecule has 0 spiro atoms. The lowest BCUT2D eigenvalue weighted by atomic mass is 10.0. The summed E-state index contributed by atoms with van der Waals surface area (Å²) in [5, 5.41) is 5.59. The summed E-state index contributed by atoms with van der Waals surface area (Å²) in [4.78, 5) is 15.1. The Labute approximate surface area is 172 Å². The van der Waals surface area contributed by atoms with Crippen LogP contribution in [0, 0.1) is 6.92 Å². The molecule has 0 bridgehead atoms. The maximum absolute atomic E-state index is 12.6. The van der Waals surface area contributed by atoms with Crippen molar-refractivity contribution in [1.29, 1.82) is 0 Å². The molecule has 3 aromatic rings. The van der Waals surface area contributed by atoms with E-state index in [4.69, 9.17) is 4.74 Å². The van der Waals surface area contributed by atoms with Crippen molar-refractivity contribution in [3.8, 4) is 5.75 Å². The van der Waals surface area contributed by atoms with E-state index in [0.29, 0.717) is 18.2 Å². The number of aryl methyl sites for hydroxylation is 1. The summed E-state index contributed by atoms with van der Waals surface area (Å²) in [7, 11) is 1.62. The summed E-state index contributed by atoms with van der Waals surface area (Å²) in [5.41, 5.74) is 3.16. The van der Waals surface area contributed by atoms with Crippen LogP contribution < -0.4 is 10.1 Å². The molecule has 1 aliphatic carbocycles. The van der Waals surface area contributed by atoms with Crippen LogP contribution in [0.15, 0.2) is 60.7 Å². The predicted molar refractivity (Wildman–Crippen MR) is 118 cm³/mol. The first-order valence-corrected chi connectivity index (χ1v) is 10.3. The number of hydrogen-bond acceptors (Lipinski definition) is 3. The predicted octanol–water partition coefficient (Wildman–Crippen LogP) is 5.15. The highest BCUT2D eigenvalue weighted by Crippen LogP contribution is 2.30. The second kappa shape index (κ2) is 8.66. The van der Waals surface area contributed by atoms with Gasteiger partial charge in [-0.1, -0.05) is 48.5 Å². The van der Waals surface area contributed by atoms with Gasteiger partial charge in [0.25, 0.3) is 0 Å². The van der Waals surface area contributed by atoms with Crippen molar-refractivity contribution in [1.82, 2.24) is 4.90 Å². The van der Waals surface area contributed by atoms with E-state index in [1.807, 2.05) is 25.1 Å². The lowest BCUT2D eigenvalue weighted by Crippen LogP contribution is -2.29. The zero-order valence-corrected chi connectivity index (χ0v) is 17.2. The van der Waals surface area contributed by atoms with Crippen molar-refractivity contribution in [2.75, 3.05) is 19.0 Å². The van der Waals surface area contributed by atoms with Crippen molar-refractivity contribution in [2.24, 2.45) is 0 Å². The first kappa shape index (κ1) is 19.5. The summed E-state index contributed by atoms with van der Waals surface area (Å²) in [6.07, 6.45) is 2.91. The number of ether oxygens (including phenoxy) is 1. The topological polar surface area (TPSA) is 41.6 Å². The van der Waals surface area contributed by atoms with Gasteiger partial charge in [0.15, 0.2) is 0 Å². The van der Waals surface area contributed by atoms with Gasteiger partial charge in [-0.3, -0.25) is 9.69 Å². The lowest BCUT2D eigenvalue weighted by molar-refractivity contribution is -0.116. The summed E-state index contributed by atoms with van der Waals surface area (Å²) in [6.45, 7) is 3.65. The summed E-state index contributed by atoms with van der Waals surface area (Å²) in [5.74, 6) is 0.719. The van der Waals surface area contributed by atoms with Crippen molar-refractivity contribution >= 4 is 22.4 Å². The third-order valence-electron chi connectivity index (χ3n) is 5.57. The van der Waals surface area contributed by atoms with Gasteiger partial charge in [-0.15, -0.1) is 0 Å². The van der Waals surface area contributed by atoms with Gasteiger partial charge in [-0.2, -0.15) is 0 Å². The number of amides is 1. The minimum absolute atomic E-state index is 0.0254. The largest absolute Gasteiger partial charge is 0.495 e. The maximum Gasteiger partial charge on any atom is 0.225 e. The smallest absolute Gasteiger partial charge is 0.225 e. The van der Waals surface area contributed by atoms with Crippen LogP contribution >= 0.6 is 0 Å². The zero-order chi connectivity index (χ0) is 20.2. The quantitative estimate of drug-likeness (QED) is 0.580. The Morgan fingerprint density at radius 3 is 2.69 bits per heavy atom. The Kier molecular flexibility index (Phi) is 5.81. The minimum Gasteiger partial charge on any atom is -0.495 e. The van der Waals surface area contributed by atoms with E-state index in [2.05, 4.69) is 52.7 Å². The SMILES string of the molecule is COc1ccc(C)cc1NC(=O)CCN(Cc1cccc2ccccc12)C1CC1. The van der Waals surface area contributed by atoms with Gasteiger partial charge >= 0.3 is 0 Å². The van der Waals surface area contributed by atoms with Crippen LogP contribution in [0.4, 0.5) is 5.69 Å². The molecule has 0 unspecified atom stereocenters. The molecule has 1 fully saturated rings. The highest BCUT2D eigenvalue weighted by molar-refractivity contribution is 5.92. The molecule has 4 rings (SSSR count). The molecule has 1 amide bonds. The zero-order valence-electron chi connectivity index (χ0n) is 17.2. The van der Waals surface area contributed by atoms with Crippen LogP contribution in [0.5, 0.6) is 5.75 Å². The fourth-order valence-electron chi connectivity index (χ4n) is 3.86. The number of nitrogens with one attached hydrogen (secondary N) is 1. The molecule has 4 nitrogen and oxygen atoms in total. The number of anilines is 1. The molecule has 1 saturated carbocycles. The van der Waals surface area contributed by atoms with E-state index in [1.54, 1.807) is 7.11 Å². The van der Waals surface area contributed by atoms with E-state index < -0.39 is 0 Å². The van der Waals surface area contributed by atoms with Crippen molar-refractivity contribution in [3.05, 3.63) is 71.8 Å². The lowest BCUT2D eigenvalue weighted by Gasteiger charge is -2.23. The van der Waals surface area contributed by atoms with Crippen molar-refractivity contribution in [3.63, 3.8) is 0 Å². The van der Waals surface area contributed by atoms with Gasteiger partial charge in [-0.05, 0) is 53.8 Å². The van der Waals surface area contributed by atoms with E-state index >= 15 is 0 Å². The Balaban J connectivity index is 1.42. The molecule has 150 valence electrons. The molecule has 1 N–H and O–H groups in total. The molecule has 0 saturated heterocycles. The van der Waals surface area contributed by atoms with Crippen molar-refractivity contribution < 1.29 is 9.53 Å². The molecule has 3 aromatic carbocycles. The maximum atomic E-state index is 12.6. The number of fused-ring (bicyclic) bond motifs is 1. The highest BCUT2D eigenvalue weighted by atomic mass is 16.5. The third kappa shape index (κ3) is 4.77. The molecular weight excluding hydrogens is 360 g/mol. The van der Waals surface area contributed by atoms with E-state index in [0.717, 1.165) is 24.3 Å². The van der Waals surface area contributed by atoms with Gasteiger partial charge in [0.05, 0.1) is 12.8 Å². The Morgan fingerprint density at radius 1 is 1.10 bits per heavy atom. The van der Waals surface area contributed by atoms with Gasteiger partial charge in [0, 0.05) is 25.6 Å². The molecular formula is C25H28N2O2. The summed E-state index contributed by atoms with van der Waals surface area (Å²) in [6, 6.07) is 21.4. The Hall–Kier alpha value is -2.85. The van der Waals surface area contributed by atoms with Crippen LogP contribution in [0.25, 0.3) is 10.8 Å². The average Bonchev–Trinajstić information content (AvgIpc) is 3.57. The summed E-state index contributed by atoms with van der Waals surface area (Å²) >= 11 is 0.